The largest absolute Gasteiger partial charge is 0.468 e. The van der Waals surface area contributed by atoms with Crippen LogP contribution in [0.25, 0.3) is 0 Å². The molecule has 0 heterocycles. The van der Waals surface area contributed by atoms with Crippen LogP contribution in [-0.4, -0.2) is 31.6 Å². The summed E-state index contributed by atoms with van der Waals surface area (Å²) in [4.78, 5) is 23.1. The molecule has 0 bridgehead atoms. The van der Waals surface area contributed by atoms with Crippen LogP contribution < -0.4 is 4.90 Å². The minimum Gasteiger partial charge on any atom is -0.468 e. The fourth-order valence-electron chi connectivity index (χ4n) is 1.53. The third-order valence-electron chi connectivity index (χ3n) is 2.40. The van der Waals surface area contributed by atoms with Gasteiger partial charge in [0.15, 0.2) is 0 Å². The van der Waals surface area contributed by atoms with Crippen LogP contribution in [0.1, 0.15) is 5.56 Å². The number of esters is 1. The zero-order valence-corrected chi connectivity index (χ0v) is 9.97. The van der Waals surface area contributed by atoms with Crippen molar-refractivity contribution in [1.29, 1.82) is 0 Å². The normalized spacial score (nSPS) is 9.82. The first-order valence-electron chi connectivity index (χ1n) is 4.99. The summed E-state index contributed by atoms with van der Waals surface area (Å²) in [5, 5.41) is 11.0. The molecule has 1 aromatic rings. The van der Waals surface area contributed by atoms with E-state index < -0.39 is 10.9 Å². The molecule has 0 N–H and O–H groups in total. The van der Waals surface area contributed by atoms with Gasteiger partial charge in [-0.05, 0) is 13.0 Å². The lowest BCUT2D eigenvalue weighted by Crippen LogP contribution is -2.27. The number of carbonyl (C=O) groups is 1. The summed E-state index contributed by atoms with van der Waals surface area (Å²) >= 11 is 0. The van der Waals surface area contributed by atoms with Crippen molar-refractivity contribution in [1.82, 2.24) is 0 Å². The molecule has 0 fully saturated rings. The molecule has 0 amide bonds. The third kappa shape index (κ3) is 2.93. The summed E-state index contributed by atoms with van der Waals surface area (Å²) in [6.45, 7) is 1.63. The Bertz CT molecular complexity index is 445. The molecule has 0 aliphatic carbocycles. The van der Waals surface area contributed by atoms with Crippen molar-refractivity contribution < 1.29 is 14.5 Å². The van der Waals surface area contributed by atoms with Crippen molar-refractivity contribution in [3.63, 3.8) is 0 Å². The van der Waals surface area contributed by atoms with E-state index in [-0.39, 0.29) is 12.2 Å². The van der Waals surface area contributed by atoms with E-state index in [1.807, 2.05) is 0 Å². The predicted octanol–water partition coefficient (Wildman–Crippen LogP) is 1.51. The topological polar surface area (TPSA) is 72.7 Å². The van der Waals surface area contributed by atoms with E-state index in [9.17, 15) is 14.9 Å². The van der Waals surface area contributed by atoms with Gasteiger partial charge in [0.05, 0.1) is 12.0 Å². The van der Waals surface area contributed by atoms with E-state index in [1.165, 1.54) is 12.0 Å². The Morgan fingerprint density at radius 1 is 1.53 bits per heavy atom. The molecule has 0 unspecified atom stereocenters. The molecule has 6 nitrogen and oxygen atoms in total. The van der Waals surface area contributed by atoms with E-state index in [1.54, 1.807) is 32.2 Å². The Kier molecular flexibility index (Phi) is 4.03. The summed E-state index contributed by atoms with van der Waals surface area (Å²) in [6.07, 6.45) is 0. The first kappa shape index (κ1) is 13.0. The average molecular weight is 238 g/mol. The predicted molar refractivity (Wildman–Crippen MR) is 63.1 cm³/mol. The van der Waals surface area contributed by atoms with Crippen molar-refractivity contribution in [2.45, 2.75) is 6.92 Å². The number of para-hydroxylation sites is 1. The van der Waals surface area contributed by atoms with Crippen LogP contribution in [0.2, 0.25) is 0 Å². The van der Waals surface area contributed by atoms with Gasteiger partial charge in [0, 0.05) is 12.6 Å². The van der Waals surface area contributed by atoms with Gasteiger partial charge in [-0.15, -0.1) is 0 Å². The number of likely N-dealkylation sites (N-methyl/N-ethyl adjacent to an activating group) is 1. The van der Waals surface area contributed by atoms with Crippen molar-refractivity contribution in [3.05, 3.63) is 33.9 Å². The zero-order valence-electron chi connectivity index (χ0n) is 9.97. The van der Waals surface area contributed by atoms with Crippen molar-refractivity contribution >= 4 is 17.3 Å². The van der Waals surface area contributed by atoms with Crippen LogP contribution >= 0.6 is 0 Å². The van der Waals surface area contributed by atoms with Crippen LogP contribution in [-0.2, 0) is 9.53 Å². The minimum absolute atomic E-state index is 0.0129. The lowest BCUT2D eigenvalue weighted by molar-refractivity contribution is -0.384. The maximum atomic E-state index is 11.1. The van der Waals surface area contributed by atoms with Gasteiger partial charge >= 0.3 is 5.97 Å². The second kappa shape index (κ2) is 5.29. The fourth-order valence-corrected chi connectivity index (χ4v) is 1.53. The van der Waals surface area contributed by atoms with Gasteiger partial charge in [0.25, 0.3) is 5.69 Å². The Morgan fingerprint density at radius 2 is 2.18 bits per heavy atom. The highest BCUT2D eigenvalue weighted by molar-refractivity contribution is 5.78. The molecule has 17 heavy (non-hydrogen) atoms. The van der Waals surface area contributed by atoms with Crippen molar-refractivity contribution in [2.24, 2.45) is 0 Å². The fraction of sp³-hybridized carbons (Fsp3) is 0.364. The zero-order chi connectivity index (χ0) is 13.0. The maximum Gasteiger partial charge on any atom is 0.325 e. The van der Waals surface area contributed by atoms with Crippen LogP contribution in [0.3, 0.4) is 0 Å². The van der Waals surface area contributed by atoms with Crippen molar-refractivity contribution in [3.8, 4) is 0 Å². The van der Waals surface area contributed by atoms with Crippen LogP contribution in [0.15, 0.2) is 18.2 Å². The highest BCUT2D eigenvalue weighted by Crippen LogP contribution is 2.30. The SMILES string of the molecule is COC(=O)CN(C)c1cccc(C)c1[N+](=O)[O-]. The number of benzene rings is 1. The monoisotopic (exact) mass is 238 g/mol. The molecular formula is C11H14N2O4. The van der Waals surface area contributed by atoms with E-state index in [4.69, 9.17) is 0 Å². The highest BCUT2D eigenvalue weighted by Gasteiger charge is 2.20. The number of anilines is 1. The Balaban J connectivity index is 3.09. The molecule has 92 valence electrons. The first-order chi connectivity index (χ1) is 7.97. The van der Waals surface area contributed by atoms with E-state index in [0.717, 1.165) is 0 Å². The number of nitro benzene ring substituents is 1. The Labute approximate surface area is 98.9 Å². The molecule has 0 spiro atoms. The molecule has 1 rings (SSSR count). The molecule has 0 aliphatic rings. The van der Waals surface area contributed by atoms with Crippen LogP contribution in [0.5, 0.6) is 0 Å². The molecule has 1 aromatic carbocycles. The summed E-state index contributed by atoms with van der Waals surface area (Å²) < 4.78 is 4.52. The van der Waals surface area contributed by atoms with Gasteiger partial charge in [0.2, 0.25) is 0 Å². The molecule has 0 saturated heterocycles. The number of ether oxygens (including phenoxy) is 1. The summed E-state index contributed by atoms with van der Waals surface area (Å²) in [6, 6.07) is 4.98. The molecule has 0 aromatic heterocycles. The van der Waals surface area contributed by atoms with Gasteiger partial charge < -0.3 is 9.64 Å². The van der Waals surface area contributed by atoms with E-state index in [0.29, 0.717) is 11.3 Å². The number of methoxy groups -OCH3 is 1. The maximum absolute atomic E-state index is 11.1. The number of carbonyl (C=O) groups excluding carboxylic acids is 1. The lowest BCUT2D eigenvalue weighted by atomic mass is 10.1. The number of rotatable bonds is 4. The second-order valence-electron chi connectivity index (χ2n) is 3.63. The molecular weight excluding hydrogens is 224 g/mol. The molecule has 0 atom stereocenters. The molecule has 0 aliphatic heterocycles. The smallest absolute Gasteiger partial charge is 0.325 e. The van der Waals surface area contributed by atoms with Gasteiger partial charge in [-0.1, -0.05) is 12.1 Å². The van der Waals surface area contributed by atoms with Crippen molar-refractivity contribution in [2.75, 3.05) is 25.6 Å². The number of hydrogen-bond acceptors (Lipinski definition) is 5. The minimum atomic E-state index is -0.446. The van der Waals surface area contributed by atoms with Gasteiger partial charge in [-0.3, -0.25) is 14.9 Å². The standard InChI is InChI=1S/C11H14N2O4/c1-8-5-4-6-9(11(8)13(15)16)12(2)7-10(14)17-3/h4-6H,7H2,1-3H3. The Hall–Kier alpha value is -2.11. The summed E-state index contributed by atoms with van der Waals surface area (Å²) in [7, 11) is 2.89. The molecule has 0 saturated carbocycles. The van der Waals surface area contributed by atoms with Gasteiger partial charge in [-0.25, -0.2) is 0 Å². The van der Waals surface area contributed by atoms with Gasteiger partial charge in [0.1, 0.15) is 12.2 Å². The number of nitrogens with zero attached hydrogens (tertiary/aromatic N) is 2. The first-order valence-corrected chi connectivity index (χ1v) is 4.99. The Morgan fingerprint density at radius 3 is 2.71 bits per heavy atom. The number of hydrogen-bond donors (Lipinski definition) is 0. The highest BCUT2D eigenvalue weighted by atomic mass is 16.6. The molecule has 0 radical (unpaired) electrons. The number of aryl methyl sites for hydroxylation is 1. The van der Waals surface area contributed by atoms with Gasteiger partial charge in [-0.2, -0.15) is 0 Å². The van der Waals surface area contributed by atoms with E-state index in [2.05, 4.69) is 4.74 Å². The number of nitro groups is 1. The summed E-state index contributed by atoms with van der Waals surface area (Å²) in [5.41, 5.74) is 0.975. The lowest BCUT2D eigenvalue weighted by Gasteiger charge is -2.18. The third-order valence-corrected chi connectivity index (χ3v) is 2.40. The molecule has 6 heteroatoms. The second-order valence-corrected chi connectivity index (χ2v) is 3.63. The van der Waals surface area contributed by atoms with Crippen LogP contribution in [0, 0.1) is 17.0 Å². The summed E-state index contributed by atoms with van der Waals surface area (Å²) in [5.74, 6) is -0.441. The van der Waals surface area contributed by atoms with E-state index >= 15 is 0 Å². The van der Waals surface area contributed by atoms with Crippen LogP contribution in [0.4, 0.5) is 11.4 Å². The average Bonchev–Trinajstić information content (AvgIpc) is 2.27. The quantitative estimate of drug-likeness (QED) is 0.451.